The predicted octanol–water partition coefficient (Wildman–Crippen LogP) is 1.91. The Balaban J connectivity index is 2.08. The quantitative estimate of drug-likeness (QED) is 0.543. The van der Waals surface area contributed by atoms with Crippen LogP contribution in [0.15, 0.2) is 24.3 Å². The number of hydrogen-bond acceptors (Lipinski definition) is 2. The van der Waals surface area contributed by atoms with Crippen molar-refractivity contribution in [2.45, 2.75) is 18.6 Å². The van der Waals surface area contributed by atoms with Gasteiger partial charge in [-0.3, -0.25) is 0 Å². The number of ether oxygens (including phenoxy) is 2. The average Bonchev–Trinajstić information content (AvgIpc) is 2.82. The van der Waals surface area contributed by atoms with Gasteiger partial charge in [0.25, 0.3) is 0 Å². The Morgan fingerprint density at radius 3 is 3.17 bits per heavy atom. The lowest BCUT2D eigenvalue weighted by atomic mass is 10.1. The fourth-order valence-corrected chi connectivity index (χ4v) is 1.77. The first-order valence-electron chi connectivity index (χ1n) is 4.32. The Kier molecular flexibility index (Phi) is 1.21. The van der Waals surface area contributed by atoms with Gasteiger partial charge in [0, 0.05) is 12.0 Å². The summed E-state index contributed by atoms with van der Waals surface area (Å²) < 4.78 is 11.1. The number of rotatable bonds is 0. The molecule has 0 bridgehead atoms. The van der Waals surface area contributed by atoms with E-state index < -0.39 is 0 Å². The molecule has 0 saturated carbocycles. The molecule has 2 nitrogen and oxygen atoms in total. The van der Waals surface area contributed by atoms with Gasteiger partial charge in [0.2, 0.25) is 0 Å². The van der Waals surface area contributed by atoms with Crippen molar-refractivity contribution in [2.75, 3.05) is 6.61 Å². The highest BCUT2D eigenvalue weighted by atomic mass is 16.6. The summed E-state index contributed by atoms with van der Waals surface area (Å²) in [4.78, 5) is 0. The predicted molar refractivity (Wildman–Crippen MR) is 44.2 cm³/mol. The average molecular weight is 162 g/mol. The van der Waals surface area contributed by atoms with Crippen LogP contribution in [0, 0.1) is 0 Å². The summed E-state index contributed by atoms with van der Waals surface area (Å²) >= 11 is 0. The molecular formula is C10H10O2. The highest BCUT2D eigenvalue weighted by molar-refractivity contribution is 5.38. The number of epoxide rings is 1. The van der Waals surface area contributed by atoms with Crippen LogP contribution in [-0.4, -0.2) is 12.7 Å². The van der Waals surface area contributed by atoms with Gasteiger partial charge in [0.1, 0.15) is 11.9 Å². The van der Waals surface area contributed by atoms with Gasteiger partial charge in [-0.25, -0.2) is 0 Å². The summed E-state index contributed by atoms with van der Waals surface area (Å²) in [6, 6.07) is 8.14. The first kappa shape index (κ1) is 6.49. The fourth-order valence-electron chi connectivity index (χ4n) is 1.77. The Bertz CT molecular complexity index is 308. The minimum atomic E-state index is 0.323. The zero-order valence-electron chi connectivity index (χ0n) is 6.69. The molecule has 0 radical (unpaired) electrons. The monoisotopic (exact) mass is 162 g/mol. The molecule has 2 heteroatoms. The number of fused-ring (bicyclic) bond motifs is 3. The van der Waals surface area contributed by atoms with E-state index >= 15 is 0 Å². The molecular weight excluding hydrogens is 152 g/mol. The van der Waals surface area contributed by atoms with Gasteiger partial charge in [-0.2, -0.15) is 0 Å². The molecule has 0 spiro atoms. The number of para-hydroxylation sites is 1. The molecule has 1 aromatic carbocycles. The van der Waals surface area contributed by atoms with Crippen LogP contribution in [0.5, 0.6) is 5.75 Å². The van der Waals surface area contributed by atoms with Gasteiger partial charge in [-0.05, 0) is 6.07 Å². The third-order valence-electron chi connectivity index (χ3n) is 2.47. The fraction of sp³-hybridized carbons (Fsp3) is 0.400. The minimum absolute atomic E-state index is 0.323. The van der Waals surface area contributed by atoms with Crippen LogP contribution >= 0.6 is 0 Å². The van der Waals surface area contributed by atoms with Crippen molar-refractivity contribution in [3.8, 4) is 5.75 Å². The molecule has 62 valence electrons. The van der Waals surface area contributed by atoms with E-state index in [4.69, 9.17) is 9.47 Å². The van der Waals surface area contributed by atoms with Gasteiger partial charge in [-0.1, -0.05) is 18.2 Å². The molecule has 2 aliphatic rings. The molecule has 3 rings (SSSR count). The molecule has 2 aliphatic heterocycles. The maximum Gasteiger partial charge on any atom is 0.125 e. The van der Waals surface area contributed by atoms with E-state index in [0.29, 0.717) is 12.2 Å². The van der Waals surface area contributed by atoms with E-state index in [1.165, 1.54) is 5.56 Å². The Morgan fingerprint density at radius 2 is 2.17 bits per heavy atom. The van der Waals surface area contributed by atoms with Crippen LogP contribution in [0.3, 0.4) is 0 Å². The molecule has 1 fully saturated rings. The SMILES string of the molecule is c1ccc2c(c1)OCCC1OC21. The van der Waals surface area contributed by atoms with Gasteiger partial charge >= 0.3 is 0 Å². The summed E-state index contributed by atoms with van der Waals surface area (Å²) in [5, 5.41) is 0. The summed E-state index contributed by atoms with van der Waals surface area (Å²) in [7, 11) is 0. The zero-order chi connectivity index (χ0) is 7.97. The van der Waals surface area contributed by atoms with Crippen molar-refractivity contribution in [3.05, 3.63) is 29.8 Å². The van der Waals surface area contributed by atoms with Crippen molar-refractivity contribution in [1.29, 1.82) is 0 Å². The molecule has 2 atom stereocenters. The lowest BCUT2D eigenvalue weighted by Gasteiger charge is -2.05. The maximum absolute atomic E-state index is 5.57. The molecule has 2 heterocycles. The van der Waals surface area contributed by atoms with Crippen LogP contribution in [-0.2, 0) is 4.74 Å². The molecule has 0 amide bonds. The Hall–Kier alpha value is -1.02. The van der Waals surface area contributed by atoms with Crippen LogP contribution in [0.2, 0.25) is 0 Å². The minimum Gasteiger partial charge on any atom is -0.493 e. The molecule has 2 unspecified atom stereocenters. The standard InChI is InChI=1S/C10H10O2/c1-2-4-8-7(3-1)10-9(12-10)5-6-11-8/h1-4,9-10H,5-6H2. The first-order chi connectivity index (χ1) is 5.95. The van der Waals surface area contributed by atoms with E-state index in [1.807, 2.05) is 18.2 Å². The molecule has 12 heavy (non-hydrogen) atoms. The normalized spacial score (nSPS) is 31.0. The topological polar surface area (TPSA) is 21.8 Å². The van der Waals surface area contributed by atoms with E-state index in [2.05, 4.69) is 6.07 Å². The number of benzene rings is 1. The number of hydrogen-bond donors (Lipinski definition) is 0. The maximum atomic E-state index is 5.57. The van der Waals surface area contributed by atoms with Gasteiger partial charge in [0.05, 0.1) is 12.7 Å². The van der Waals surface area contributed by atoms with Crippen molar-refractivity contribution in [2.24, 2.45) is 0 Å². The Labute approximate surface area is 71.1 Å². The molecule has 1 aromatic rings. The third-order valence-corrected chi connectivity index (χ3v) is 2.47. The lowest BCUT2D eigenvalue weighted by molar-refractivity contribution is 0.267. The van der Waals surface area contributed by atoms with Crippen LogP contribution < -0.4 is 4.74 Å². The van der Waals surface area contributed by atoms with Gasteiger partial charge in [0.15, 0.2) is 0 Å². The lowest BCUT2D eigenvalue weighted by Crippen LogP contribution is -1.98. The Morgan fingerprint density at radius 1 is 1.25 bits per heavy atom. The van der Waals surface area contributed by atoms with Crippen molar-refractivity contribution < 1.29 is 9.47 Å². The van der Waals surface area contributed by atoms with Crippen molar-refractivity contribution in [3.63, 3.8) is 0 Å². The van der Waals surface area contributed by atoms with Crippen LogP contribution in [0.25, 0.3) is 0 Å². The summed E-state index contributed by atoms with van der Waals surface area (Å²) in [6.45, 7) is 0.790. The van der Waals surface area contributed by atoms with Gasteiger partial charge in [-0.15, -0.1) is 0 Å². The van der Waals surface area contributed by atoms with Gasteiger partial charge < -0.3 is 9.47 Å². The van der Waals surface area contributed by atoms with E-state index in [-0.39, 0.29) is 0 Å². The second-order valence-electron chi connectivity index (χ2n) is 3.27. The smallest absolute Gasteiger partial charge is 0.125 e. The third kappa shape index (κ3) is 0.847. The summed E-state index contributed by atoms with van der Waals surface area (Å²) in [5.74, 6) is 1.00. The highest BCUT2D eigenvalue weighted by Crippen LogP contribution is 2.46. The van der Waals surface area contributed by atoms with E-state index in [9.17, 15) is 0 Å². The first-order valence-corrected chi connectivity index (χ1v) is 4.32. The van der Waals surface area contributed by atoms with Crippen molar-refractivity contribution in [1.82, 2.24) is 0 Å². The highest BCUT2D eigenvalue weighted by Gasteiger charge is 2.43. The van der Waals surface area contributed by atoms with Crippen LogP contribution in [0.1, 0.15) is 18.1 Å². The second-order valence-corrected chi connectivity index (χ2v) is 3.27. The molecule has 0 N–H and O–H groups in total. The van der Waals surface area contributed by atoms with Crippen molar-refractivity contribution >= 4 is 0 Å². The summed E-state index contributed by atoms with van der Waals surface area (Å²) in [5.41, 5.74) is 1.22. The van der Waals surface area contributed by atoms with E-state index in [1.54, 1.807) is 0 Å². The van der Waals surface area contributed by atoms with Crippen LogP contribution in [0.4, 0.5) is 0 Å². The molecule has 1 saturated heterocycles. The zero-order valence-corrected chi connectivity index (χ0v) is 6.69. The second kappa shape index (κ2) is 2.23. The largest absolute Gasteiger partial charge is 0.493 e. The molecule has 0 aliphatic carbocycles. The molecule has 0 aromatic heterocycles. The summed E-state index contributed by atoms with van der Waals surface area (Å²) in [6.07, 6.45) is 1.77. The van der Waals surface area contributed by atoms with E-state index in [0.717, 1.165) is 18.8 Å².